The van der Waals surface area contributed by atoms with Crippen LogP contribution >= 0.6 is 15.9 Å². The SMILES string of the molecule is CC(C)(C)c1nc2ccc(Br)cc2n(CCNC(=O)CO)c1=O. The van der Waals surface area contributed by atoms with E-state index in [9.17, 15) is 9.59 Å². The Morgan fingerprint density at radius 1 is 1.39 bits per heavy atom. The number of hydrogen-bond donors (Lipinski definition) is 2. The third kappa shape index (κ3) is 3.97. The van der Waals surface area contributed by atoms with E-state index < -0.39 is 12.5 Å². The van der Waals surface area contributed by atoms with Crippen LogP contribution in [0.15, 0.2) is 27.5 Å². The van der Waals surface area contributed by atoms with Gasteiger partial charge in [-0.1, -0.05) is 36.7 Å². The van der Waals surface area contributed by atoms with E-state index in [-0.39, 0.29) is 17.5 Å². The summed E-state index contributed by atoms with van der Waals surface area (Å²) in [5.41, 5.74) is 1.37. The zero-order valence-corrected chi connectivity index (χ0v) is 15.0. The van der Waals surface area contributed by atoms with E-state index in [0.717, 1.165) is 9.99 Å². The van der Waals surface area contributed by atoms with Gasteiger partial charge in [-0.2, -0.15) is 0 Å². The standard InChI is InChI=1S/C16H20BrN3O3/c1-16(2,3)14-15(23)20(7-6-18-13(22)9-21)12-8-10(17)4-5-11(12)19-14/h4-5,8,21H,6-7,9H2,1-3H3,(H,18,22). The average molecular weight is 382 g/mol. The molecule has 0 bridgehead atoms. The van der Waals surface area contributed by atoms with Gasteiger partial charge in [0, 0.05) is 23.0 Å². The summed E-state index contributed by atoms with van der Waals surface area (Å²) >= 11 is 3.41. The Hall–Kier alpha value is -1.73. The lowest BCUT2D eigenvalue weighted by molar-refractivity contribution is -0.123. The van der Waals surface area contributed by atoms with Crippen molar-refractivity contribution in [1.29, 1.82) is 0 Å². The van der Waals surface area contributed by atoms with Gasteiger partial charge in [-0.15, -0.1) is 0 Å². The third-order valence-electron chi connectivity index (χ3n) is 3.42. The van der Waals surface area contributed by atoms with Crippen LogP contribution in [-0.4, -0.2) is 33.7 Å². The van der Waals surface area contributed by atoms with Crippen LogP contribution in [0.25, 0.3) is 11.0 Å². The molecule has 0 saturated heterocycles. The number of aliphatic hydroxyl groups excluding tert-OH is 1. The lowest BCUT2D eigenvalue weighted by Gasteiger charge is -2.20. The molecule has 0 atom stereocenters. The summed E-state index contributed by atoms with van der Waals surface area (Å²) in [6.45, 7) is 5.83. The predicted octanol–water partition coefficient (Wildman–Crippen LogP) is 1.56. The van der Waals surface area contributed by atoms with Gasteiger partial charge in [0.15, 0.2) is 0 Å². The summed E-state index contributed by atoms with van der Waals surface area (Å²) in [4.78, 5) is 28.5. The molecular weight excluding hydrogens is 362 g/mol. The molecule has 1 aromatic heterocycles. The van der Waals surface area contributed by atoms with Crippen molar-refractivity contribution in [3.05, 3.63) is 38.7 Å². The molecule has 124 valence electrons. The number of rotatable bonds is 4. The lowest BCUT2D eigenvalue weighted by atomic mass is 9.92. The number of aliphatic hydroxyl groups is 1. The van der Waals surface area contributed by atoms with Crippen molar-refractivity contribution in [1.82, 2.24) is 14.9 Å². The number of carbonyl (C=O) groups is 1. The van der Waals surface area contributed by atoms with Gasteiger partial charge in [-0.05, 0) is 18.2 Å². The minimum absolute atomic E-state index is 0.165. The number of nitrogens with one attached hydrogen (secondary N) is 1. The van der Waals surface area contributed by atoms with Gasteiger partial charge in [0.2, 0.25) is 5.91 Å². The first-order valence-electron chi connectivity index (χ1n) is 7.32. The fourth-order valence-corrected chi connectivity index (χ4v) is 2.64. The number of amides is 1. The highest BCUT2D eigenvalue weighted by atomic mass is 79.9. The minimum atomic E-state index is -0.565. The zero-order valence-electron chi connectivity index (χ0n) is 13.4. The molecule has 2 N–H and O–H groups in total. The molecule has 0 radical (unpaired) electrons. The maximum Gasteiger partial charge on any atom is 0.273 e. The Morgan fingerprint density at radius 2 is 2.09 bits per heavy atom. The summed E-state index contributed by atoms with van der Waals surface area (Å²) in [5, 5.41) is 11.3. The summed E-state index contributed by atoms with van der Waals surface area (Å²) < 4.78 is 2.47. The Kier molecular flexibility index (Phi) is 5.21. The van der Waals surface area contributed by atoms with Crippen LogP contribution in [0.2, 0.25) is 0 Å². The van der Waals surface area contributed by atoms with Crippen LogP contribution in [0.4, 0.5) is 0 Å². The zero-order chi connectivity index (χ0) is 17.2. The second kappa shape index (κ2) is 6.80. The van der Waals surface area contributed by atoms with E-state index in [2.05, 4.69) is 26.2 Å². The van der Waals surface area contributed by atoms with Crippen molar-refractivity contribution in [2.24, 2.45) is 0 Å². The van der Waals surface area contributed by atoms with E-state index >= 15 is 0 Å². The molecule has 0 aliphatic carbocycles. The van der Waals surface area contributed by atoms with Crippen LogP contribution < -0.4 is 10.9 Å². The summed E-state index contributed by atoms with van der Waals surface area (Å²) in [5.74, 6) is -0.464. The van der Waals surface area contributed by atoms with Gasteiger partial charge in [-0.25, -0.2) is 4.98 Å². The van der Waals surface area contributed by atoms with Crippen molar-refractivity contribution < 1.29 is 9.90 Å². The van der Waals surface area contributed by atoms with E-state index in [1.165, 1.54) is 0 Å². The van der Waals surface area contributed by atoms with Crippen LogP contribution in [-0.2, 0) is 16.8 Å². The highest BCUT2D eigenvalue weighted by Gasteiger charge is 2.22. The average Bonchev–Trinajstić information content (AvgIpc) is 2.47. The first kappa shape index (κ1) is 17.6. The fourth-order valence-electron chi connectivity index (χ4n) is 2.29. The molecule has 6 nitrogen and oxygen atoms in total. The lowest BCUT2D eigenvalue weighted by Crippen LogP contribution is -2.36. The number of carbonyl (C=O) groups excluding carboxylic acids is 1. The molecule has 0 saturated carbocycles. The summed E-state index contributed by atoms with van der Waals surface area (Å²) in [7, 11) is 0. The van der Waals surface area contributed by atoms with E-state index in [1.54, 1.807) is 4.57 Å². The molecule has 0 aliphatic rings. The molecule has 0 unspecified atom stereocenters. The highest BCUT2D eigenvalue weighted by Crippen LogP contribution is 2.22. The summed E-state index contributed by atoms with van der Waals surface area (Å²) in [6.07, 6.45) is 0. The summed E-state index contributed by atoms with van der Waals surface area (Å²) in [6, 6.07) is 5.57. The number of aromatic nitrogens is 2. The molecule has 1 amide bonds. The molecule has 1 heterocycles. The fraction of sp³-hybridized carbons (Fsp3) is 0.438. The number of hydrogen-bond acceptors (Lipinski definition) is 4. The maximum atomic E-state index is 12.8. The second-order valence-corrected chi connectivity index (χ2v) is 7.22. The van der Waals surface area contributed by atoms with Crippen LogP contribution in [0, 0.1) is 0 Å². The van der Waals surface area contributed by atoms with Crippen molar-refractivity contribution in [2.75, 3.05) is 13.2 Å². The molecule has 2 aromatic rings. The predicted molar refractivity (Wildman–Crippen MR) is 92.5 cm³/mol. The number of halogens is 1. The van der Waals surface area contributed by atoms with Gasteiger partial charge < -0.3 is 15.0 Å². The third-order valence-corrected chi connectivity index (χ3v) is 3.91. The normalized spacial score (nSPS) is 11.7. The molecule has 0 fully saturated rings. The van der Waals surface area contributed by atoms with Crippen LogP contribution in [0.5, 0.6) is 0 Å². The molecule has 23 heavy (non-hydrogen) atoms. The van der Waals surface area contributed by atoms with Gasteiger partial charge in [0.05, 0.1) is 11.0 Å². The van der Waals surface area contributed by atoms with E-state index in [1.807, 2.05) is 39.0 Å². The van der Waals surface area contributed by atoms with E-state index in [4.69, 9.17) is 5.11 Å². The first-order valence-corrected chi connectivity index (χ1v) is 8.11. The maximum absolute atomic E-state index is 12.8. The molecule has 7 heteroatoms. The monoisotopic (exact) mass is 381 g/mol. The molecule has 1 aromatic carbocycles. The van der Waals surface area contributed by atoms with Gasteiger partial charge >= 0.3 is 0 Å². The molecule has 2 rings (SSSR count). The smallest absolute Gasteiger partial charge is 0.273 e. The second-order valence-electron chi connectivity index (χ2n) is 6.31. The van der Waals surface area contributed by atoms with Crippen molar-refractivity contribution >= 4 is 32.9 Å². The topological polar surface area (TPSA) is 84.2 Å². The Balaban J connectivity index is 2.54. The Morgan fingerprint density at radius 3 is 2.70 bits per heavy atom. The largest absolute Gasteiger partial charge is 0.387 e. The van der Waals surface area contributed by atoms with Gasteiger partial charge in [-0.3, -0.25) is 9.59 Å². The minimum Gasteiger partial charge on any atom is -0.387 e. The van der Waals surface area contributed by atoms with Crippen LogP contribution in [0.3, 0.4) is 0 Å². The Labute approximate surface area is 142 Å². The van der Waals surface area contributed by atoms with Crippen LogP contribution in [0.1, 0.15) is 26.5 Å². The van der Waals surface area contributed by atoms with Crippen molar-refractivity contribution in [2.45, 2.75) is 32.7 Å². The number of fused-ring (bicyclic) bond motifs is 1. The Bertz CT molecular complexity index is 793. The molecule has 0 aliphatic heterocycles. The quantitative estimate of drug-likeness (QED) is 0.841. The van der Waals surface area contributed by atoms with Crippen molar-refractivity contribution in [3.8, 4) is 0 Å². The van der Waals surface area contributed by atoms with Crippen molar-refractivity contribution in [3.63, 3.8) is 0 Å². The molecule has 0 spiro atoms. The van der Waals surface area contributed by atoms with E-state index in [0.29, 0.717) is 17.8 Å². The van der Waals surface area contributed by atoms with Gasteiger partial charge in [0.1, 0.15) is 12.3 Å². The highest BCUT2D eigenvalue weighted by molar-refractivity contribution is 9.10. The van der Waals surface area contributed by atoms with Gasteiger partial charge in [0.25, 0.3) is 5.56 Å². The molecular formula is C16H20BrN3O3. The first-order chi connectivity index (χ1) is 10.7. The number of benzene rings is 1. The number of nitrogens with zero attached hydrogens (tertiary/aromatic N) is 2.